The Bertz CT molecular complexity index is 2780. The van der Waals surface area contributed by atoms with Crippen LogP contribution in [0.3, 0.4) is 0 Å². The molecule has 0 fully saturated rings. The summed E-state index contributed by atoms with van der Waals surface area (Å²) in [6, 6.07) is 92.0. The molecule has 0 amide bonds. The van der Waals surface area contributed by atoms with Crippen molar-refractivity contribution in [2.45, 2.75) is 0 Å². The van der Waals surface area contributed by atoms with E-state index >= 15 is 0 Å². The molecule has 4 nitrogen and oxygen atoms in total. The van der Waals surface area contributed by atoms with E-state index in [2.05, 4.69) is 227 Å². The van der Waals surface area contributed by atoms with Crippen molar-refractivity contribution in [3.8, 4) is 89.0 Å². The van der Waals surface area contributed by atoms with Crippen molar-refractivity contribution in [3.63, 3.8) is 0 Å². The van der Waals surface area contributed by atoms with E-state index < -0.39 is 0 Å². The molecule has 0 aliphatic carbocycles. The predicted molar refractivity (Wildman–Crippen MR) is 312 cm³/mol. The van der Waals surface area contributed by atoms with Crippen molar-refractivity contribution in [1.29, 1.82) is 0 Å². The summed E-state index contributed by atoms with van der Waals surface area (Å²) >= 11 is 0. The van der Waals surface area contributed by atoms with E-state index in [1.165, 1.54) is 89.0 Å². The van der Waals surface area contributed by atoms with E-state index in [1.807, 2.05) is 122 Å². The molecule has 12 rings (SSSR count). The van der Waals surface area contributed by atoms with Gasteiger partial charge in [-0.1, -0.05) is 218 Å². The summed E-state index contributed by atoms with van der Waals surface area (Å²) in [5.41, 5.74) is 19.7. The minimum absolute atomic E-state index is 1.20. The molecule has 0 saturated carbocycles. The Labute approximate surface area is 436 Å². The molecule has 0 bridgehead atoms. The zero-order valence-electron chi connectivity index (χ0n) is 41.2. The van der Waals surface area contributed by atoms with Crippen molar-refractivity contribution >= 4 is 0 Å². The van der Waals surface area contributed by atoms with E-state index in [-0.39, 0.29) is 0 Å². The van der Waals surface area contributed by atoms with Crippen molar-refractivity contribution < 1.29 is 0 Å². The van der Waals surface area contributed by atoms with Crippen LogP contribution in [0.1, 0.15) is 0 Å². The highest BCUT2D eigenvalue weighted by Gasteiger charge is 2.09. The van der Waals surface area contributed by atoms with Crippen LogP contribution in [0.4, 0.5) is 0 Å². The average molecular weight is 953 g/mol. The quantitative estimate of drug-likeness (QED) is 0.142. The fraction of sp³-hybridized carbons (Fsp3) is 0. The maximum atomic E-state index is 4.07. The minimum Gasteiger partial charge on any atom is -0.265 e. The van der Waals surface area contributed by atoms with Crippen LogP contribution in [-0.2, 0) is 0 Å². The van der Waals surface area contributed by atoms with Crippen LogP contribution in [-0.4, -0.2) is 19.9 Å². The zero-order valence-corrected chi connectivity index (χ0v) is 41.2. The molecule has 0 radical (unpaired) electrons. The van der Waals surface area contributed by atoms with Crippen molar-refractivity contribution in [2.75, 3.05) is 0 Å². The number of pyridine rings is 4. The normalized spacial score (nSPS) is 10.0. The van der Waals surface area contributed by atoms with Crippen LogP contribution in [0.15, 0.2) is 330 Å². The van der Waals surface area contributed by atoms with E-state index in [0.29, 0.717) is 0 Å². The Balaban J connectivity index is 0.000000130. The first-order valence-electron chi connectivity index (χ1n) is 24.5. The third kappa shape index (κ3) is 13.7. The number of nitrogens with zero attached hydrogens (tertiary/aromatic N) is 4. The SMILES string of the molecule is C=C.c1ccc(-c2ccccc2-c2ccncc2)cc1.c1ccc(-c2ccccc2-c2ccncc2)cc1.c1ccc(-c2ccccc2-c2ccncc2)cc1.c1ccc(-c2ccccc2-c2ccncc2)cc1. The highest BCUT2D eigenvalue weighted by molar-refractivity contribution is 5.86. The van der Waals surface area contributed by atoms with Gasteiger partial charge >= 0.3 is 0 Å². The molecule has 0 unspecified atom stereocenters. The Hall–Kier alpha value is -9.90. The van der Waals surface area contributed by atoms with E-state index in [1.54, 1.807) is 0 Å². The molecule has 12 aromatic rings. The second-order valence-electron chi connectivity index (χ2n) is 16.6. The van der Waals surface area contributed by atoms with Gasteiger partial charge in [-0.3, -0.25) is 19.9 Å². The lowest BCUT2D eigenvalue weighted by Gasteiger charge is -2.09. The number of aromatic nitrogens is 4. The minimum atomic E-state index is 1.20. The van der Waals surface area contributed by atoms with Gasteiger partial charge in [-0.2, -0.15) is 0 Å². The fourth-order valence-electron chi connectivity index (χ4n) is 8.54. The van der Waals surface area contributed by atoms with Crippen LogP contribution in [0, 0.1) is 0 Å². The summed E-state index contributed by atoms with van der Waals surface area (Å²) in [6.07, 6.45) is 14.6. The van der Waals surface area contributed by atoms with Gasteiger partial charge in [0.1, 0.15) is 0 Å². The lowest BCUT2D eigenvalue weighted by molar-refractivity contribution is 1.33. The largest absolute Gasteiger partial charge is 0.265 e. The topological polar surface area (TPSA) is 51.6 Å². The third-order valence-corrected chi connectivity index (χ3v) is 12.0. The van der Waals surface area contributed by atoms with Gasteiger partial charge in [-0.25, -0.2) is 0 Å². The monoisotopic (exact) mass is 952 g/mol. The zero-order chi connectivity index (χ0) is 50.8. The fourth-order valence-corrected chi connectivity index (χ4v) is 8.54. The summed E-state index contributed by atoms with van der Waals surface area (Å²) in [5.74, 6) is 0. The molecule has 0 atom stereocenters. The van der Waals surface area contributed by atoms with Crippen LogP contribution < -0.4 is 0 Å². The smallest absolute Gasteiger partial charge is 0.0273 e. The van der Waals surface area contributed by atoms with Gasteiger partial charge in [0.2, 0.25) is 0 Å². The molecule has 0 aliphatic rings. The molecule has 0 aliphatic heterocycles. The van der Waals surface area contributed by atoms with Gasteiger partial charge in [0.25, 0.3) is 0 Å². The van der Waals surface area contributed by atoms with Crippen LogP contribution in [0.2, 0.25) is 0 Å². The Morgan fingerprint density at radius 3 is 0.419 bits per heavy atom. The summed E-state index contributed by atoms with van der Waals surface area (Å²) in [6.45, 7) is 6.00. The van der Waals surface area contributed by atoms with Crippen molar-refractivity contribution in [3.05, 3.63) is 330 Å². The lowest BCUT2D eigenvalue weighted by atomic mass is 9.95. The van der Waals surface area contributed by atoms with Gasteiger partial charge in [-0.15, -0.1) is 13.2 Å². The van der Waals surface area contributed by atoms with Gasteiger partial charge in [0.05, 0.1) is 0 Å². The second kappa shape index (κ2) is 27.5. The van der Waals surface area contributed by atoms with E-state index in [0.717, 1.165) is 0 Å². The molecule has 4 heteroatoms. The van der Waals surface area contributed by atoms with Gasteiger partial charge in [0.15, 0.2) is 0 Å². The summed E-state index contributed by atoms with van der Waals surface area (Å²) in [4.78, 5) is 16.3. The summed E-state index contributed by atoms with van der Waals surface area (Å²) in [7, 11) is 0. The van der Waals surface area contributed by atoms with Crippen molar-refractivity contribution in [1.82, 2.24) is 19.9 Å². The number of rotatable bonds is 8. The molecule has 4 heterocycles. The van der Waals surface area contributed by atoms with Crippen LogP contribution >= 0.6 is 0 Å². The molecule has 0 spiro atoms. The molecular weight excluding hydrogens is 897 g/mol. The molecule has 4 aromatic heterocycles. The van der Waals surface area contributed by atoms with E-state index in [4.69, 9.17) is 0 Å². The van der Waals surface area contributed by atoms with E-state index in [9.17, 15) is 0 Å². The molecule has 356 valence electrons. The van der Waals surface area contributed by atoms with Gasteiger partial charge in [-0.05, 0) is 138 Å². The first kappa shape index (κ1) is 50.5. The first-order valence-corrected chi connectivity index (χ1v) is 24.5. The standard InChI is InChI=1S/4C17H13N.C2H4/c4*1-2-6-14(7-3-1)16-8-4-5-9-17(16)15-10-12-18-13-11-15;1-2/h4*1-13H;1-2H2. The Morgan fingerprint density at radius 2 is 0.270 bits per heavy atom. The van der Waals surface area contributed by atoms with Crippen molar-refractivity contribution in [2.24, 2.45) is 0 Å². The lowest BCUT2D eigenvalue weighted by Crippen LogP contribution is -1.84. The molecule has 74 heavy (non-hydrogen) atoms. The summed E-state index contributed by atoms with van der Waals surface area (Å²) < 4.78 is 0. The summed E-state index contributed by atoms with van der Waals surface area (Å²) in [5, 5.41) is 0. The molecular formula is C70H56N4. The average Bonchev–Trinajstić information content (AvgIpc) is 3.52. The second-order valence-corrected chi connectivity index (χ2v) is 16.6. The van der Waals surface area contributed by atoms with Crippen LogP contribution in [0.5, 0.6) is 0 Å². The first-order chi connectivity index (χ1) is 36.8. The maximum absolute atomic E-state index is 4.07. The van der Waals surface area contributed by atoms with Crippen LogP contribution in [0.25, 0.3) is 89.0 Å². The van der Waals surface area contributed by atoms with Gasteiger partial charge < -0.3 is 0 Å². The highest BCUT2D eigenvalue weighted by Crippen LogP contribution is 2.35. The Kier molecular flexibility index (Phi) is 18.7. The third-order valence-electron chi connectivity index (χ3n) is 12.0. The molecule has 0 saturated heterocycles. The number of hydrogen-bond donors (Lipinski definition) is 0. The Morgan fingerprint density at radius 1 is 0.149 bits per heavy atom. The molecule has 8 aromatic carbocycles. The van der Waals surface area contributed by atoms with Gasteiger partial charge in [0, 0.05) is 49.6 Å². The highest BCUT2D eigenvalue weighted by atomic mass is 14.6. The predicted octanol–water partition coefficient (Wildman–Crippen LogP) is 18.5. The number of benzene rings is 8. The maximum Gasteiger partial charge on any atom is 0.0273 e. The number of hydrogen-bond acceptors (Lipinski definition) is 4. The molecule has 0 N–H and O–H groups in total.